The lowest BCUT2D eigenvalue weighted by Crippen LogP contribution is -3.14. The van der Waals surface area contributed by atoms with Crippen LogP contribution in [-0.4, -0.2) is 62.7 Å². The third-order valence-corrected chi connectivity index (χ3v) is 5.40. The molecule has 152 valence electrons. The molecular formula is C20H30N5O2S+. The van der Waals surface area contributed by atoms with E-state index in [9.17, 15) is 4.79 Å². The SMILES string of the molecule is C/C(=N/NC(=S)NCCC[NH+]1CCOCC1)c1cccc(N2CCCC2=O)c1. The summed E-state index contributed by atoms with van der Waals surface area (Å²) in [7, 11) is 0. The van der Waals surface area contributed by atoms with Gasteiger partial charge in [0.25, 0.3) is 0 Å². The Hall–Kier alpha value is -2.03. The minimum Gasteiger partial charge on any atom is -0.370 e. The van der Waals surface area contributed by atoms with Crippen LogP contribution in [0.2, 0.25) is 0 Å². The van der Waals surface area contributed by atoms with Gasteiger partial charge in [-0.2, -0.15) is 5.10 Å². The largest absolute Gasteiger partial charge is 0.370 e. The van der Waals surface area contributed by atoms with Gasteiger partial charge in [-0.15, -0.1) is 0 Å². The number of hydrogen-bond acceptors (Lipinski definition) is 4. The predicted octanol–water partition coefficient (Wildman–Crippen LogP) is 0.307. The lowest BCUT2D eigenvalue weighted by molar-refractivity contribution is -0.908. The van der Waals surface area contributed by atoms with Gasteiger partial charge in [-0.05, 0) is 43.3 Å². The normalized spacial score (nSPS) is 18.4. The first kappa shape index (κ1) is 20.7. The predicted molar refractivity (Wildman–Crippen MR) is 115 cm³/mol. The second kappa shape index (κ2) is 10.5. The van der Waals surface area contributed by atoms with Gasteiger partial charge in [0.15, 0.2) is 5.11 Å². The summed E-state index contributed by atoms with van der Waals surface area (Å²) < 4.78 is 5.38. The molecule has 0 aromatic heterocycles. The Kier molecular flexibility index (Phi) is 7.76. The molecule has 2 fully saturated rings. The van der Waals surface area contributed by atoms with E-state index in [1.54, 1.807) is 4.90 Å². The summed E-state index contributed by atoms with van der Waals surface area (Å²) in [6.45, 7) is 8.59. The standard InChI is InChI=1S/C20H29N5O2S/c1-16(17-5-2-6-18(15-17)25-10-3-7-19(25)26)22-23-20(28)21-8-4-9-24-11-13-27-14-12-24/h2,5-6,15H,3-4,7-14H2,1H3,(H2,21,23,28)/p+1/b22-16-. The Morgan fingerprint density at radius 3 is 2.93 bits per heavy atom. The number of benzene rings is 1. The van der Waals surface area contributed by atoms with Crippen LogP contribution in [0.25, 0.3) is 0 Å². The summed E-state index contributed by atoms with van der Waals surface area (Å²) in [5, 5.41) is 8.12. The molecule has 0 saturated carbocycles. The number of carbonyl (C=O) groups is 1. The third kappa shape index (κ3) is 5.98. The van der Waals surface area contributed by atoms with Crippen LogP contribution in [0, 0.1) is 0 Å². The number of rotatable bonds is 7. The molecule has 0 atom stereocenters. The van der Waals surface area contributed by atoms with Crippen LogP contribution in [0.15, 0.2) is 29.4 Å². The number of quaternary nitrogens is 1. The van der Waals surface area contributed by atoms with E-state index in [4.69, 9.17) is 17.0 Å². The van der Waals surface area contributed by atoms with Crippen LogP contribution in [0.3, 0.4) is 0 Å². The van der Waals surface area contributed by atoms with Gasteiger partial charge >= 0.3 is 0 Å². The van der Waals surface area contributed by atoms with Gasteiger partial charge < -0.3 is 19.9 Å². The number of carbonyl (C=O) groups excluding carboxylic acids is 1. The van der Waals surface area contributed by atoms with E-state index in [-0.39, 0.29) is 5.91 Å². The maximum Gasteiger partial charge on any atom is 0.227 e. The monoisotopic (exact) mass is 404 g/mol. The van der Waals surface area contributed by atoms with Crippen LogP contribution >= 0.6 is 12.2 Å². The maximum atomic E-state index is 11.9. The number of amides is 1. The average molecular weight is 405 g/mol. The van der Waals surface area contributed by atoms with Gasteiger partial charge in [-0.1, -0.05) is 12.1 Å². The molecule has 0 bridgehead atoms. The van der Waals surface area contributed by atoms with Crippen molar-refractivity contribution >= 4 is 34.6 Å². The lowest BCUT2D eigenvalue weighted by atomic mass is 10.1. The quantitative estimate of drug-likeness (QED) is 0.264. The smallest absolute Gasteiger partial charge is 0.227 e. The van der Waals surface area contributed by atoms with E-state index in [0.717, 1.165) is 75.7 Å². The molecule has 1 aromatic rings. The molecule has 2 heterocycles. The van der Waals surface area contributed by atoms with Gasteiger partial charge in [0, 0.05) is 31.6 Å². The topological polar surface area (TPSA) is 70.4 Å². The van der Waals surface area contributed by atoms with E-state index >= 15 is 0 Å². The summed E-state index contributed by atoms with van der Waals surface area (Å²) >= 11 is 5.31. The van der Waals surface area contributed by atoms with Crippen molar-refractivity contribution in [3.63, 3.8) is 0 Å². The fraction of sp³-hybridized carbons (Fsp3) is 0.550. The molecule has 8 heteroatoms. The van der Waals surface area contributed by atoms with Gasteiger partial charge in [-0.25, -0.2) is 0 Å². The number of nitrogens with zero attached hydrogens (tertiary/aromatic N) is 2. The summed E-state index contributed by atoms with van der Waals surface area (Å²) in [6.07, 6.45) is 2.61. The van der Waals surface area contributed by atoms with Crippen LogP contribution in [-0.2, 0) is 9.53 Å². The Balaban J connectivity index is 1.43. The summed E-state index contributed by atoms with van der Waals surface area (Å²) in [5.74, 6) is 0.189. The Morgan fingerprint density at radius 1 is 1.36 bits per heavy atom. The van der Waals surface area contributed by atoms with Gasteiger partial charge in [0.2, 0.25) is 5.91 Å². The molecule has 0 radical (unpaired) electrons. The summed E-state index contributed by atoms with van der Waals surface area (Å²) in [4.78, 5) is 15.4. The van der Waals surface area contributed by atoms with E-state index < -0.39 is 0 Å². The molecule has 2 aliphatic rings. The molecular weight excluding hydrogens is 374 g/mol. The lowest BCUT2D eigenvalue weighted by Gasteiger charge is -2.23. The fourth-order valence-corrected chi connectivity index (χ4v) is 3.66. The molecule has 2 saturated heterocycles. The number of morpholine rings is 1. The summed E-state index contributed by atoms with van der Waals surface area (Å²) in [6, 6.07) is 7.92. The highest BCUT2D eigenvalue weighted by Gasteiger charge is 2.21. The number of hydrogen-bond donors (Lipinski definition) is 3. The van der Waals surface area contributed by atoms with Crippen molar-refractivity contribution in [1.29, 1.82) is 0 Å². The second-order valence-electron chi connectivity index (χ2n) is 7.23. The van der Waals surface area contributed by atoms with Crippen molar-refractivity contribution in [2.75, 3.05) is 50.8 Å². The second-order valence-corrected chi connectivity index (χ2v) is 7.64. The zero-order valence-corrected chi connectivity index (χ0v) is 17.3. The molecule has 1 amide bonds. The van der Waals surface area contributed by atoms with Crippen molar-refractivity contribution in [3.05, 3.63) is 29.8 Å². The Labute approximate surface area is 172 Å². The minimum atomic E-state index is 0.189. The van der Waals surface area contributed by atoms with Crippen molar-refractivity contribution in [3.8, 4) is 0 Å². The molecule has 3 N–H and O–H groups in total. The maximum absolute atomic E-state index is 11.9. The zero-order chi connectivity index (χ0) is 19.8. The van der Waals surface area contributed by atoms with E-state index in [0.29, 0.717) is 11.5 Å². The molecule has 2 aliphatic heterocycles. The molecule has 0 spiro atoms. The first-order valence-corrected chi connectivity index (χ1v) is 10.4. The van der Waals surface area contributed by atoms with Gasteiger partial charge in [0.1, 0.15) is 13.1 Å². The Bertz CT molecular complexity index is 718. The van der Waals surface area contributed by atoms with Crippen LogP contribution in [0.1, 0.15) is 31.7 Å². The number of nitrogens with one attached hydrogen (secondary N) is 3. The van der Waals surface area contributed by atoms with E-state index in [1.165, 1.54) is 0 Å². The van der Waals surface area contributed by atoms with Crippen LogP contribution in [0.5, 0.6) is 0 Å². The Morgan fingerprint density at radius 2 is 2.18 bits per heavy atom. The number of ether oxygens (including phenoxy) is 1. The van der Waals surface area contributed by atoms with Crippen molar-refractivity contribution in [1.82, 2.24) is 10.7 Å². The van der Waals surface area contributed by atoms with Crippen molar-refractivity contribution in [2.45, 2.75) is 26.2 Å². The zero-order valence-electron chi connectivity index (χ0n) is 16.5. The molecule has 0 aliphatic carbocycles. The van der Waals surface area contributed by atoms with Crippen LogP contribution < -0.4 is 20.5 Å². The highest BCUT2D eigenvalue weighted by Crippen LogP contribution is 2.22. The summed E-state index contributed by atoms with van der Waals surface area (Å²) in [5.41, 5.74) is 5.65. The number of thiocarbonyl (C=S) groups is 1. The van der Waals surface area contributed by atoms with Crippen molar-refractivity contribution < 1.29 is 14.4 Å². The molecule has 28 heavy (non-hydrogen) atoms. The van der Waals surface area contributed by atoms with Crippen molar-refractivity contribution in [2.24, 2.45) is 5.10 Å². The number of anilines is 1. The van der Waals surface area contributed by atoms with Crippen LogP contribution in [0.4, 0.5) is 5.69 Å². The van der Waals surface area contributed by atoms with Gasteiger partial charge in [-0.3, -0.25) is 10.2 Å². The molecule has 1 aromatic carbocycles. The highest BCUT2D eigenvalue weighted by atomic mass is 32.1. The molecule has 3 rings (SSSR count). The van der Waals surface area contributed by atoms with Gasteiger partial charge in [0.05, 0.1) is 25.5 Å². The minimum absolute atomic E-state index is 0.189. The number of hydrazone groups is 1. The molecule has 0 unspecified atom stereocenters. The highest BCUT2D eigenvalue weighted by molar-refractivity contribution is 7.80. The fourth-order valence-electron chi connectivity index (χ4n) is 3.51. The average Bonchev–Trinajstić information content (AvgIpc) is 3.16. The third-order valence-electron chi connectivity index (χ3n) is 5.17. The van der Waals surface area contributed by atoms with E-state index in [1.807, 2.05) is 36.1 Å². The molecule has 7 nitrogen and oxygen atoms in total. The van der Waals surface area contributed by atoms with E-state index in [2.05, 4.69) is 15.8 Å². The first-order chi connectivity index (χ1) is 13.6. The first-order valence-electron chi connectivity index (χ1n) is 10.0.